The van der Waals surface area contributed by atoms with Gasteiger partial charge in [0.15, 0.2) is 11.5 Å². The molecule has 0 aromatic heterocycles. The highest BCUT2D eigenvalue weighted by atomic mass is 32.2. The minimum atomic E-state index is -0.726. The number of nitrogens with zero attached hydrogens (tertiary/aromatic N) is 1. The summed E-state index contributed by atoms with van der Waals surface area (Å²) in [7, 11) is 4.44. The molecule has 0 radical (unpaired) electrons. The molecular formula is C30H33FN2O5S. The molecule has 39 heavy (non-hydrogen) atoms. The maximum absolute atomic E-state index is 14.1. The van der Waals surface area contributed by atoms with Crippen LogP contribution in [-0.4, -0.2) is 55.9 Å². The van der Waals surface area contributed by atoms with Gasteiger partial charge < -0.3 is 24.4 Å². The fourth-order valence-corrected chi connectivity index (χ4v) is 6.06. The Labute approximate surface area is 232 Å². The van der Waals surface area contributed by atoms with Crippen LogP contribution in [0, 0.1) is 5.82 Å². The molecule has 0 spiro atoms. The summed E-state index contributed by atoms with van der Waals surface area (Å²) in [5, 5.41) is 2.62. The van der Waals surface area contributed by atoms with E-state index in [4.69, 9.17) is 14.2 Å². The van der Waals surface area contributed by atoms with Gasteiger partial charge in [0, 0.05) is 17.4 Å². The summed E-state index contributed by atoms with van der Waals surface area (Å²) in [6, 6.07) is 18.4. The van der Waals surface area contributed by atoms with E-state index in [-0.39, 0.29) is 29.2 Å². The number of hydrogen-bond acceptors (Lipinski definition) is 6. The fourth-order valence-electron chi connectivity index (χ4n) is 4.63. The summed E-state index contributed by atoms with van der Waals surface area (Å²) in [5.41, 5.74) is 2.22. The quantitative estimate of drug-likeness (QED) is 0.371. The number of hydrogen-bond donors (Lipinski definition) is 1. The molecule has 0 saturated carbocycles. The van der Waals surface area contributed by atoms with E-state index in [2.05, 4.69) is 17.4 Å². The average molecular weight is 553 g/mol. The van der Waals surface area contributed by atoms with Crippen molar-refractivity contribution in [2.24, 2.45) is 0 Å². The van der Waals surface area contributed by atoms with Crippen LogP contribution in [0.2, 0.25) is 0 Å². The Morgan fingerprint density at radius 3 is 2.23 bits per heavy atom. The van der Waals surface area contributed by atoms with Crippen molar-refractivity contribution in [2.45, 2.75) is 37.2 Å². The maximum Gasteiger partial charge on any atom is 0.256 e. The molecule has 206 valence electrons. The molecule has 9 heteroatoms. The number of amides is 2. The topological polar surface area (TPSA) is 77.1 Å². The molecule has 3 aromatic carbocycles. The maximum atomic E-state index is 14.1. The third-order valence-electron chi connectivity index (χ3n) is 6.70. The first-order chi connectivity index (χ1) is 18.9. The molecule has 1 N–H and O–H groups in total. The number of rotatable bonds is 10. The van der Waals surface area contributed by atoms with E-state index in [1.165, 1.54) is 50.8 Å². The van der Waals surface area contributed by atoms with Gasteiger partial charge in [0.2, 0.25) is 11.7 Å². The molecule has 1 heterocycles. The smallest absolute Gasteiger partial charge is 0.256 e. The normalized spacial score (nSPS) is 17.4. The summed E-state index contributed by atoms with van der Waals surface area (Å²) >= 11 is 1.47. The van der Waals surface area contributed by atoms with E-state index in [0.717, 1.165) is 18.4 Å². The highest BCUT2D eigenvalue weighted by Gasteiger charge is 2.43. The van der Waals surface area contributed by atoms with E-state index in [9.17, 15) is 14.0 Å². The van der Waals surface area contributed by atoms with Gasteiger partial charge in [-0.2, -0.15) is 0 Å². The molecule has 2 amide bonds. The minimum absolute atomic E-state index is 0.0919. The van der Waals surface area contributed by atoms with E-state index >= 15 is 0 Å². The van der Waals surface area contributed by atoms with Gasteiger partial charge in [0.1, 0.15) is 17.2 Å². The van der Waals surface area contributed by atoms with Crippen molar-refractivity contribution < 1.29 is 28.2 Å². The lowest BCUT2D eigenvalue weighted by atomic mass is 10.1. The van der Waals surface area contributed by atoms with Gasteiger partial charge >= 0.3 is 0 Å². The largest absolute Gasteiger partial charge is 0.493 e. The Balaban J connectivity index is 1.61. The molecule has 4 rings (SSSR count). The van der Waals surface area contributed by atoms with Crippen LogP contribution in [-0.2, 0) is 11.2 Å². The first kappa shape index (κ1) is 28.3. The minimum Gasteiger partial charge on any atom is -0.493 e. The Morgan fingerprint density at radius 1 is 1.00 bits per heavy atom. The molecule has 1 fully saturated rings. The molecular weight excluding hydrogens is 519 g/mol. The lowest BCUT2D eigenvalue weighted by Crippen LogP contribution is -2.50. The number of halogens is 1. The van der Waals surface area contributed by atoms with Gasteiger partial charge in [-0.25, -0.2) is 4.39 Å². The highest BCUT2D eigenvalue weighted by Crippen LogP contribution is 2.44. The van der Waals surface area contributed by atoms with E-state index in [1.54, 1.807) is 29.2 Å². The molecule has 3 atom stereocenters. The third-order valence-corrected chi connectivity index (χ3v) is 8.03. The van der Waals surface area contributed by atoms with Gasteiger partial charge in [-0.15, -0.1) is 11.8 Å². The summed E-state index contributed by atoms with van der Waals surface area (Å²) < 4.78 is 30.0. The van der Waals surface area contributed by atoms with Crippen LogP contribution in [0.15, 0.2) is 66.7 Å². The van der Waals surface area contributed by atoms with Gasteiger partial charge in [-0.1, -0.05) is 42.5 Å². The average Bonchev–Trinajstić information content (AvgIpc) is 3.41. The van der Waals surface area contributed by atoms with Crippen molar-refractivity contribution in [3.63, 3.8) is 0 Å². The Morgan fingerprint density at radius 2 is 1.64 bits per heavy atom. The second-order valence-corrected chi connectivity index (χ2v) is 10.4. The van der Waals surface area contributed by atoms with Crippen molar-refractivity contribution in [3.8, 4) is 17.2 Å². The number of benzene rings is 3. The van der Waals surface area contributed by atoms with Crippen molar-refractivity contribution >= 4 is 23.6 Å². The van der Waals surface area contributed by atoms with Gasteiger partial charge in [-0.05, 0) is 55.2 Å². The predicted molar refractivity (Wildman–Crippen MR) is 150 cm³/mol. The number of aryl methyl sites for hydroxylation is 1. The SMILES string of the molecule is COc1cc(C(=O)N2C(C(=O)NC(C)CCc3ccccc3)CSC2c2ccc(F)cc2)cc(OC)c1OC. The number of carbonyl (C=O) groups excluding carboxylic acids is 2. The molecule has 3 aromatic rings. The van der Waals surface area contributed by atoms with Crippen LogP contribution >= 0.6 is 11.8 Å². The van der Waals surface area contributed by atoms with E-state index < -0.39 is 11.4 Å². The van der Waals surface area contributed by atoms with Crippen LogP contribution in [0.3, 0.4) is 0 Å². The van der Waals surface area contributed by atoms with Crippen LogP contribution < -0.4 is 19.5 Å². The Bertz CT molecular complexity index is 1260. The lowest BCUT2D eigenvalue weighted by molar-refractivity contribution is -0.125. The summed E-state index contributed by atoms with van der Waals surface area (Å²) in [4.78, 5) is 29.2. The van der Waals surface area contributed by atoms with E-state index in [1.807, 2.05) is 25.1 Å². The molecule has 7 nitrogen and oxygen atoms in total. The summed E-state index contributed by atoms with van der Waals surface area (Å²) in [6.07, 6.45) is 1.59. The van der Waals surface area contributed by atoms with Crippen molar-refractivity contribution in [1.82, 2.24) is 10.2 Å². The van der Waals surface area contributed by atoms with Crippen LogP contribution in [0.25, 0.3) is 0 Å². The monoisotopic (exact) mass is 552 g/mol. The van der Waals surface area contributed by atoms with Gasteiger partial charge in [0.25, 0.3) is 5.91 Å². The lowest BCUT2D eigenvalue weighted by Gasteiger charge is -2.30. The molecule has 3 unspecified atom stereocenters. The van der Waals surface area contributed by atoms with Gasteiger partial charge in [-0.3, -0.25) is 9.59 Å². The number of thioether (sulfide) groups is 1. The zero-order chi connectivity index (χ0) is 27.9. The Hall–Kier alpha value is -3.72. The van der Waals surface area contributed by atoms with Gasteiger partial charge in [0.05, 0.1) is 21.3 Å². The molecule has 1 saturated heterocycles. The fraction of sp³-hybridized carbons (Fsp3) is 0.333. The molecule has 0 bridgehead atoms. The number of ether oxygens (including phenoxy) is 3. The summed E-state index contributed by atoms with van der Waals surface area (Å²) in [6.45, 7) is 1.96. The molecule has 0 aliphatic carbocycles. The number of carbonyl (C=O) groups is 2. The first-order valence-corrected chi connectivity index (χ1v) is 13.7. The standard InChI is InChI=1S/C30H33FN2O5S/c1-19(10-11-20-8-6-5-7-9-20)32-28(34)24-18-39-30(21-12-14-23(31)15-13-21)33(24)29(35)22-16-25(36-2)27(38-4)26(17-22)37-3/h5-9,12-17,19,24,30H,10-11,18H2,1-4H3,(H,32,34). The third kappa shape index (κ3) is 6.47. The van der Waals surface area contributed by atoms with Crippen molar-refractivity contribution in [1.29, 1.82) is 0 Å². The van der Waals surface area contributed by atoms with Crippen LogP contribution in [0.1, 0.15) is 40.2 Å². The molecule has 1 aliphatic heterocycles. The highest BCUT2D eigenvalue weighted by molar-refractivity contribution is 7.99. The number of methoxy groups -OCH3 is 3. The van der Waals surface area contributed by atoms with Crippen molar-refractivity contribution in [3.05, 3.63) is 89.2 Å². The van der Waals surface area contributed by atoms with E-state index in [0.29, 0.717) is 23.0 Å². The number of nitrogens with one attached hydrogen (secondary N) is 1. The van der Waals surface area contributed by atoms with Crippen LogP contribution in [0.5, 0.6) is 17.2 Å². The summed E-state index contributed by atoms with van der Waals surface area (Å²) in [5.74, 6) is 0.464. The van der Waals surface area contributed by atoms with Crippen LogP contribution in [0.4, 0.5) is 4.39 Å². The zero-order valence-electron chi connectivity index (χ0n) is 22.5. The predicted octanol–water partition coefficient (Wildman–Crippen LogP) is 5.25. The second-order valence-electron chi connectivity index (χ2n) is 9.31. The Kier molecular flexibility index (Phi) is 9.35. The van der Waals surface area contributed by atoms with Crippen molar-refractivity contribution in [2.75, 3.05) is 27.1 Å². The molecule has 1 aliphatic rings. The zero-order valence-corrected chi connectivity index (χ0v) is 23.3. The first-order valence-electron chi connectivity index (χ1n) is 12.7. The second kappa shape index (κ2) is 12.9.